The Morgan fingerprint density at radius 1 is 0.306 bits per heavy atom. The molecule has 0 atom stereocenters. The van der Waals surface area contributed by atoms with Crippen LogP contribution in [0.25, 0.3) is 33.0 Å². The fraction of sp³-hybridized carbons (Fsp3) is 0.0882. The molecule has 0 spiro atoms. The van der Waals surface area contributed by atoms with Gasteiger partial charge in [-0.05, 0) is 116 Å². The first-order valence-electron chi connectivity index (χ1n) is 24.0. The zero-order valence-corrected chi connectivity index (χ0v) is 47.0. The fourth-order valence-electron chi connectivity index (χ4n) is 10.6. The standard InChI is InChI=1S/C34H26P2.2C17H13.2Au/c1-5-17-29(18-6-1)35(30-19-7-2-8-20-30)33-25-27-15-13-14-16-28(27)26-34(33)36(31-21-9-3-10-22-31)32-23-11-4-12-24-32;1-4-12-9-10-16-14(11-12)13-7-5-6-8-15(13)17(16,2)3;1-4-12-9-10-14-13-7-5-6-8-15(13)17(2,3)16(14)11-12;;/h1-26H;2*5-11H,2-3H3;;/q;2*-1;2*+1/p+2. The summed E-state index contributed by atoms with van der Waals surface area (Å²) in [6.07, 6.45) is 14.5. The third kappa shape index (κ3) is 10.3. The Kier molecular flexibility index (Phi) is 16.5. The van der Waals surface area contributed by atoms with E-state index in [4.69, 9.17) is 12.8 Å². The van der Waals surface area contributed by atoms with Crippen molar-refractivity contribution in [1.29, 1.82) is 0 Å². The molecule has 356 valence electrons. The number of benzene rings is 10. The van der Waals surface area contributed by atoms with E-state index in [9.17, 15) is 0 Å². The summed E-state index contributed by atoms with van der Waals surface area (Å²) >= 11 is 0. The smallest absolute Gasteiger partial charge is 0.366 e. The summed E-state index contributed by atoms with van der Waals surface area (Å²) in [7, 11) is -2.46. The maximum Gasteiger partial charge on any atom is 1.00 e. The quantitative estimate of drug-likeness (QED) is 0.0674. The van der Waals surface area contributed by atoms with Gasteiger partial charge in [0.05, 0.1) is 0 Å². The molecule has 2 aliphatic carbocycles. The molecular formula is C68H54Au2P2+2. The fourth-order valence-corrected chi connectivity index (χ4v) is 16.7. The molecule has 0 saturated heterocycles. The van der Waals surface area contributed by atoms with Gasteiger partial charge in [-0.1, -0.05) is 185 Å². The van der Waals surface area contributed by atoms with E-state index in [0.29, 0.717) is 0 Å². The summed E-state index contributed by atoms with van der Waals surface area (Å²) < 4.78 is 0. The van der Waals surface area contributed by atoms with Crippen LogP contribution in [-0.4, -0.2) is 0 Å². The predicted molar refractivity (Wildman–Crippen MR) is 305 cm³/mol. The van der Waals surface area contributed by atoms with Crippen LogP contribution in [0.3, 0.4) is 0 Å². The van der Waals surface area contributed by atoms with Gasteiger partial charge >= 0.3 is 44.8 Å². The second-order valence-corrected chi connectivity index (χ2v) is 24.0. The van der Waals surface area contributed by atoms with Crippen LogP contribution in [0.5, 0.6) is 0 Å². The van der Waals surface area contributed by atoms with Crippen molar-refractivity contribution < 1.29 is 44.8 Å². The second-order valence-electron chi connectivity index (χ2n) is 19.1. The normalized spacial score (nSPS) is 12.7. The van der Waals surface area contributed by atoms with Gasteiger partial charge in [0, 0.05) is 10.8 Å². The number of hydrogen-bond donors (Lipinski definition) is 0. The Labute approximate surface area is 460 Å². The molecule has 0 aromatic heterocycles. The number of rotatable bonds is 6. The van der Waals surface area contributed by atoms with E-state index < -0.39 is 15.8 Å². The van der Waals surface area contributed by atoms with Crippen LogP contribution in [0.1, 0.15) is 61.1 Å². The molecule has 0 radical (unpaired) electrons. The molecule has 0 nitrogen and oxygen atoms in total. The first-order valence-corrected chi connectivity index (χ1v) is 27.0. The Hall–Kier alpha value is -6.08. The van der Waals surface area contributed by atoms with Gasteiger partial charge in [-0.25, -0.2) is 0 Å². The van der Waals surface area contributed by atoms with Gasteiger partial charge in [-0.15, -0.1) is 35.4 Å². The van der Waals surface area contributed by atoms with Crippen molar-refractivity contribution >= 4 is 58.4 Å². The monoisotopic (exact) mass is 1330 g/mol. The minimum atomic E-state index is -1.23. The summed E-state index contributed by atoms with van der Waals surface area (Å²) in [4.78, 5) is 0. The minimum absolute atomic E-state index is 0. The van der Waals surface area contributed by atoms with Crippen LogP contribution in [-0.2, 0) is 55.6 Å². The summed E-state index contributed by atoms with van der Waals surface area (Å²) in [6, 6.07) is 87.7. The zero-order chi connectivity index (χ0) is 48.2. The molecule has 0 aliphatic heterocycles. The van der Waals surface area contributed by atoms with Crippen molar-refractivity contribution in [3.63, 3.8) is 0 Å². The van der Waals surface area contributed by atoms with E-state index in [0.717, 1.165) is 11.1 Å². The molecule has 4 heteroatoms. The Bertz CT molecular complexity index is 3370. The largest absolute Gasteiger partial charge is 1.00 e. The van der Waals surface area contributed by atoms with Crippen LogP contribution < -0.4 is 31.8 Å². The molecule has 0 unspecified atom stereocenters. The molecule has 0 bridgehead atoms. The molecule has 0 amide bonds. The van der Waals surface area contributed by atoms with E-state index in [1.54, 1.807) is 0 Å². The Balaban J connectivity index is 0.000000161. The van der Waals surface area contributed by atoms with Gasteiger partial charge < -0.3 is 12.8 Å². The minimum Gasteiger partial charge on any atom is -0.366 e. The Morgan fingerprint density at radius 3 is 1.06 bits per heavy atom. The summed E-state index contributed by atoms with van der Waals surface area (Å²) in [5.41, 5.74) is 12.3. The number of hydrogen-bond acceptors (Lipinski definition) is 0. The molecule has 10 aromatic rings. The third-order valence-electron chi connectivity index (χ3n) is 14.1. The first kappa shape index (κ1) is 52.2. The van der Waals surface area contributed by atoms with E-state index in [-0.39, 0.29) is 55.6 Å². The molecular weight excluding hydrogens is 1270 g/mol. The van der Waals surface area contributed by atoms with Crippen LogP contribution in [0, 0.1) is 24.7 Å². The molecule has 72 heavy (non-hydrogen) atoms. The first-order chi connectivity index (χ1) is 34.2. The predicted octanol–water partition coefficient (Wildman–Crippen LogP) is 13.7. The third-order valence-corrected chi connectivity index (χ3v) is 19.9. The average molecular weight is 1330 g/mol. The maximum absolute atomic E-state index is 7.25. The molecule has 0 heterocycles. The van der Waals surface area contributed by atoms with E-state index in [1.807, 2.05) is 12.1 Å². The molecule has 10 aromatic carbocycles. The molecule has 12 rings (SSSR count). The van der Waals surface area contributed by atoms with Gasteiger partial charge in [0.2, 0.25) is 0 Å². The van der Waals surface area contributed by atoms with Crippen LogP contribution in [0.4, 0.5) is 0 Å². The Morgan fingerprint density at radius 2 is 0.625 bits per heavy atom. The number of fused-ring (bicyclic) bond motifs is 7. The van der Waals surface area contributed by atoms with Crippen molar-refractivity contribution in [2.45, 2.75) is 38.5 Å². The van der Waals surface area contributed by atoms with Crippen LogP contribution >= 0.6 is 15.8 Å². The van der Waals surface area contributed by atoms with Crippen molar-refractivity contribution in [1.82, 2.24) is 0 Å². The van der Waals surface area contributed by atoms with Gasteiger partial charge in [0.25, 0.3) is 0 Å². The SMILES string of the molecule is [Au+].[Au+].[C-]#Cc1ccc2c(c1)-c1ccccc1C2(C)C.[C-]#Cc1ccc2c(c1)C(C)(C)c1ccccc1-2.c1ccc([PH+](c2ccccc2)c2cc3ccccc3cc2[PH+](c2ccccc2)c2ccccc2)cc1. The van der Waals surface area contributed by atoms with Crippen molar-refractivity contribution in [2.24, 2.45) is 0 Å². The van der Waals surface area contributed by atoms with Crippen LogP contribution in [0.2, 0.25) is 0 Å². The van der Waals surface area contributed by atoms with E-state index >= 15 is 0 Å². The van der Waals surface area contributed by atoms with Gasteiger partial charge in [-0.2, -0.15) is 0 Å². The van der Waals surface area contributed by atoms with Crippen molar-refractivity contribution in [3.8, 4) is 34.1 Å². The molecule has 0 N–H and O–H groups in total. The van der Waals surface area contributed by atoms with Gasteiger partial charge in [0.1, 0.15) is 47.7 Å². The van der Waals surface area contributed by atoms with Gasteiger partial charge in [-0.3, -0.25) is 11.8 Å². The second kappa shape index (κ2) is 22.8. The maximum atomic E-state index is 7.25. The van der Waals surface area contributed by atoms with E-state index in [2.05, 4.69) is 270 Å². The summed E-state index contributed by atoms with van der Waals surface area (Å²) in [5, 5.41) is 11.3. The zero-order valence-electron chi connectivity index (χ0n) is 40.7. The van der Waals surface area contributed by atoms with Gasteiger partial charge in [0.15, 0.2) is 0 Å². The molecule has 0 fully saturated rings. The van der Waals surface area contributed by atoms with Crippen molar-refractivity contribution in [3.05, 3.63) is 289 Å². The molecule has 0 saturated carbocycles. The summed E-state index contributed by atoms with van der Waals surface area (Å²) in [6.45, 7) is 8.99. The van der Waals surface area contributed by atoms with E-state index in [1.165, 1.54) is 87.1 Å². The van der Waals surface area contributed by atoms with Crippen molar-refractivity contribution in [2.75, 3.05) is 0 Å². The van der Waals surface area contributed by atoms with Crippen LogP contribution in [0.15, 0.2) is 243 Å². The molecule has 2 aliphatic rings. The average Bonchev–Trinajstić information content (AvgIpc) is 3.79. The topological polar surface area (TPSA) is 0 Å². The summed E-state index contributed by atoms with van der Waals surface area (Å²) in [5.74, 6) is 4.94.